The van der Waals surface area contributed by atoms with Crippen molar-refractivity contribution in [2.45, 2.75) is 83.4 Å². The van der Waals surface area contributed by atoms with Crippen LogP contribution in [0.15, 0.2) is 23.8 Å². The van der Waals surface area contributed by atoms with Gasteiger partial charge in [-0.15, -0.1) is 0 Å². The van der Waals surface area contributed by atoms with E-state index in [2.05, 4.69) is 32.4 Å². The van der Waals surface area contributed by atoms with Crippen LogP contribution in [0.3, 0.4) is 0 Å². The predicted octanol–water partition coefficient (Wildman–Crippen LogP) is 3.87. The third kappa shape index (κ3) is 3.57. The van der Waals surface area contributed by atoms with Crippen LogP contribution in [0.5, 0.6) is 0 Å². The maximum atomic E-state index is 13.2. The molecule has 0 aromatic carbocycles. The molecule has 0 amide bonds. The number of rotatable bonds is 4. The van der Waals surface area contributed by atoms with Crippen molar-refractivity contribution in [3.8, 4) is 0 Å². The van der Waals surface area contributed by atoms with Crippen LogP contribution in [-0.4, -0.2) is 58.6 Å². The molecule has 1 saturated heterocycles. The Balaban J connectivity index is 0.000000868. The Hall–Kier alpha value is -1.12. The highest BCUT2D eigenvalue weighted by Crippen LogP contribution is 2.69. The fraction of sp³-hybridized carbons (Fsp3) is 0.769. The van der Waals surface area contributed by atoms with Crippen molar-refractivity contribution in [3.63, 3.8) is 0 Å². The highest BCUT2D eigenvalue weighted by Gasteiger charge is 2.75. The third-order valence-corrected chi connectivity index (χ3v) is 9.37. The van der Waals surface area contributed by atoms with E-state index >= 15 is 0 Å². The molecular weight excluding hydrogens is 463 g/mol. The van der Waals surface area contributed by atoms with Gasteiger partial charge in [0.15, 0.2) is 29.6 Å². The molecule has 8 heteroatoms. The van der Waals surface area contributed by atoms with Gasteiger partial charge in [0.25, 0.3) is 0 Å². The minimum absolute atomic E-state index is 0.0125. The summed E-state index contributed by atoms with van der Waals surface area (Å²) in [4.78, 5) is 25.2. The number of hydrogen-bond donors (Lipinski definition) is 2. The Morgan fingerprint density at radius 2 is 2.06 bits per heavy atom. The van der Waals surface area contributed by atoms with Crippen molar-refractivity contribution >= 4 is 23.2 Å². The molecule has 34 heavy (non-hydrogen) atoms. The second-order valence-corrected chi connectivity index (χ2v) is 11.0. The number of carbonyl (C=O) groups excluding carboxylic acids is 2. The maximum absolute atomic E-state index is 13.2. The van der Waals surface area contributed by atoms with Gasteiger partial charge in [-0.1, -0.05) is 50.4 Å². The van der Waals surface area contributed by atoms with Crippen LogP contribution in [0.4, 0.5) is 4.39 Å². The Kier molecular flexibility index (Phi) is 7.17. The summed E-state index contributed by atoms with van der Waals surface area (Å²) in [7, 11) is 0. The van der Waals surface area contributed by atoms with E-state index in [-0.39, 0.29) is 34.7 Å². The van der Waals surface area contributed by atoms with Gasteiger partial charge in [0.05, 0.1) is 12.2 Å². The summed E-state index contributed by atoms with van der Waals surface area (Å²) in [5.41, 5.74) is -1.05. The van der Waals surface area contributed by atoms with E-state index in [1.807, 2.05) is 6.08 Å². The number of aliphatic hydroxyl groups excluding tert-OH is 2. The van der Waals surface area contributed by atoms with Crippen molar-refractivity contribution in [1.82, 2.24) is 0 Å². The van der Waals surface area contributed by atoms with E-state index in [9.17, 15) is 24.2 Å². The molecule has 9 atom stereocenters. The standard InChI is InChI=1S/C25H34O6.CH2ClF/c1-4-5-21-30-20-11-17-16-7-6-14-10-15(27)8-9-23(14,2)22(16)18(28)12-24(17,3)25(20,31-21)19(29)13-26;2-1-3/h8-10,16-18,20-22,26,28H,4-7,11-13H2,1-3H3;1H2/t16-,17-,18-,20+,21?,22+,23-,24-,25+;/m0./s1. The molecule has 4 fully saturated rings. The number of ketones is 2. The molecule has 5 rings (SSSR count). The molecule has 0 spiro atoms. The van der Waals surface area contributed by atoms with Gasteiger partial charge in [-0.05, 0) is 56.1 Å². The number of carbonyl (C=O) groups is 2. The third-order valence-electron chi connectivity index (χ3n) is 9.37. The van der Waals surface area contributed by atoms with E-state index in [1.54, 1.807) is 12.2 Å². The lowest BCUT2D eigenvalue weighted by Crippen LogP contribution is -2.63. The molecule has 1 unspecified atom stereocenters. The van der Waals surface area contributed by atoms with Crippen LogP contribution in [-0.2, 0) is 19.1 Å². The molecule has 0 aromatic rings. The molecule has 1 aliphatic heterocycles. The quantitative estimate of drug-likeness (QED) is 0.571. The average Bonchev–Trinajstić information content (AvgIpc) is 3.26. The lowest BCUT2D eigenvalue weighted by Gasteiger charge is -2.59. The molecule has 3 saturated carbocycles. The van der Waals surface area contributed by atoms with Crippen LogP contribution >= 0.6 is 11.6 Å². The first kappa shape index (κ1) is 26.0. The van der Waals surface area contributed by atoms with Gasteiger partial charge in [-0.25, -0.2) is 4.39 Å². The second kappa shape index (κ2) is 9.40. The van der Waals surface area contributed by atoms with E-state index in [4.69, 9.17) is 9.47 Å². The molecular formula is C26H36ClFO6. The predicted molar refractivity (Wildman–Crippen MR) is 125 cm³/mol. The van der Waals surface area contributed by atoms with Gasteiger partial charge in [-0.2, -0.15) is 0 Å². The first-order chi connectivity index (χ1) is 16.1. The molecule has 6 nitrogen and oxygen atoms in total. The number of allylic oxidation sites excluding steroid dienone is 4. The van der Waals surface area contributed by atoms with Crippen molar-refractivity contribution in [1.29, 1.82) is 0 Å². The zero-order valence-electron chi connectivity index (χ0n) is 20.1. The molecule has 190 valence electrons. The number of hydrogen-bond acceptors (Lipinski definition) is 6. The number of fused-ring (bicyclic) bond motifs is 7. The number of aliphatic hydroxyl groups is 2. The number of Topliss-reactive ketones (excluding diaryl/α,β-unsaturated/α-hetero) is 1. The summed E-state index contributed by atoms with van der Waals surface area (Å²) >= 11 is 4.33. The van der Waals surface area contributed by atoms with Crippen LogP contribution in [0.25, 0.3) is 0 Å². The summed E-state index contributed by atoms with van der Waals surface area (Å²) in [6.45, 7) is 5.67. The minimum Gasteiger partial charge on any atom is -0.393 e. The van der Waals surface area contributed by atoms with Gasteiger partial charge >= 0.3 is 0 Å². The largest absolute Gasteiger partial charge is 0.393 e. The summed E-state index contributed by atoms with van der Waals surface area (Å²) in [6, 6.07) is 0. The molecule has 0 radical (unpaired) electrons. The first-order valence-electron chi connectivity index (χ1n) is 12.3. The fourth-order valence-electron chi connectivity index (χ4n) is 8.12. The molecule has 5 aliphatic rings. The lowest BCUT2D eigenvalue weighted by molar-refractivity contribution is -0.200. The molecule has 0 bridgehead atoms. The smallest absolute Gasteiger partial charge is 0.193 e. The van der Waals surface area contributed by atoms with Crippen molar-refractivity contribution < 1.29 is 33.7 Å². The average molecular weight is 499 g/mol. The van der Waals surface area contributed by atoms with E-state index in [0.29, 0.717) is 19.3 Å². The van der Waals surface area contributed by atoms with Gasteiger partial charge in [0.2, 0.25) is 0 Å². The first-order valence-corrected chi connectivity index (χ1v) is 12.9. The molecule has 2 N–H and O–H groups in total. The topological polar surface area (TPSA) is 93.1 Å². The van der Waals surface area contributed by atoms with Crippen molar-refractivity contribution in [2.75, 3.05) is 12.7 Å². The summed E-state index contributed by atoms with van der Waals surface area (Å²) in [5.74, 6) is 0.0274. The van der Waals surface area contributed by atoms with Gasteiger partial charge in [0, 0.05) is 16.7 Å². The van der Waals surface area contributed by atoms with E-state index < -0.39 is 42.3 Å². The highest BCUT2D eigenvalue weighted by molar-refractivity contribution is 6.16. The SMILES string of the molecule is CCCC1O[C@@H]2C[C@H]3[C@@H]4CCC5=CC(=O)C=C[C@]5(C)[C@H]4[C@@H](O)C[C@]3(C)[C@]2(C(=O)CO)O1.FCCl. The maximum Gasteiger partial charge on any atom is 0.193 e. The van der Waals surface area contributed by atoms with Crippen molar-refractivity contribution in [3.05, 3.63) is 23.8 Å². The van der Waals surface area contributed by atoms with Crippen molar-refractivity contribution in [2.24, 2.45) is 28.6 Å². The summed E-state index contributed by atoms with van der Waals surface area (Å²) in [5, 5.41) is 21.4. The lowest BCUT2D eigenvalue weighted by atomic mass is 9.46. The van der Waals surface area contributed by atoms with E-state index in [0.717, 1.165) is 24.8 Å². The van der Waals surface area contributed by atoms with Crippen LogP contribution < -0.4 is 0 Å². The summed E-state index contributed by atoms with van der Waals surface area (Å²) in [6.07, 6.45) is 7.54. The Labute approximate surface area is 205 Å². The zero-order chi connectivity index (χ0) is 24.9. The molecule has 0 aromatic heterocycles. The van der Waals surface area contributed by atoms with Gasteiger partial charge < -0.3 is 19.7 Å². The van der Waals surface area contributed by atoms with Gasteiger partial charge in [0.1, 0.15) is 6.61 Å². The Morgan fingerprint density at radius 1 is 1.35 bits per heavy atom. The number of alkyl halides is 2. The zero-order valence-corrected chi connectivity index (χ0v) is 20.9. The normalized spacial score (nSPS) is 46.4. The van der Waals surface area contributed by atoms with E-state index in [1.165, 1.54) is 0 Å². The van der Waals surface area contributed by atoms with Crippen LogP contribution in [0.2, 0.25) is 0 Å². The van der Waals surface area contributed by atoms with Crippen LogP contribution in [0.1, 0.15) is 59.3 Å². The highest BCUT2D eigenvalue weighted by atomic mass is 35.5. The number of halogens is 2. The van der Waals surface area contributed by atoms with Crippen LogP contribution in [0, 0.1) is 28.6 Å². The minimum atomic E-state index is -1.20. The Morgan fingerprint density at radius 3 is 2.71 bits per heavy atom. The fourth-order valence-corrected chi connectivity index (χ4v) is 8.12. The Bertz CT molecular complexity index is 891. The number of ether oxygens (including phenoxy) is 2. The molecule has 1 heterocycles. The van der Waals surface area contributed by atoms with Gasteiger partial charge in [-0.3, -0.25) is 9.59 Å². The molecule has 4 aliphatic carbocycles. The summed E-state index contributed by atoms with van der Waals surface area (Å²) < 4.78 is 22.7. The second-order valence-electron chi connectivity index (χ2n) is 10.8. The monoisotopic (exact) mass is 498 g/mol.